The van der Waals surface area contributed by atoms with E-state index in [-0.39, 0.29) is 11.2 Å². The Morgan fingerprint density at radius 2 is 1.72 bits per heavy atom. The van der Waals surface area contributed by atoms with Crippen LogP contribution in [-0.4, -0.2) is 56.4 Å². The van der Waals surface area contributed by atoms with Gasteiger partial charge < -0.3 is 19.1 Å². The molecule has 1 saturated heterocycles. The molecular formula is C23H30N6O3. The van der Waals surface area contributed by atoms with Crippen LogP contribution < -0.4 is 20.9 Å². The lowest BCUT2D eigenvalue weighted by Gasteiger charge is -2.26. The van der Waals surface area contributed by atoms with Crippen molar-refractivity contribution in [1.29, 1.82) is 0 Å². The number of hydrogen-bond donors (Lipinski definition) is 0. The number of nitrogens with zero attached hydrogens (tertiary/aromatic N) is 6. The van der Waals surface area contributed by atoms with Gasteiger partial charge in [-0.1, -0.05) is 6.42 Å². The molecule has 1 fully saturated rings. The number of piperidine rings is 1. The molecule has 4 heterocycles. The summed E-state index contributed by atoms with van der Waals surface area (Å²) in [6, 6.07) is 7.87. The van der Waals surface area contributed by atoms with Crippen LogP contribution in [0.2, 0.25) is 0 Å². The Hall–Kier alpha value is -3.07. The van der Waals surface area contributed by atoms with E-state index in [0.29, 0.717) is 36.8 Å². The zero-order valence-electron chi connectivity index (χ0n) is 18.8. The van der Waals surface area contributed by atoms with Crippen molar-refractivity contribution in [1.82, 2.24) is 23.6 Å². The highest BCUT2D eigenvalue weighted by molar-refractivity contribution is 5.77. The molecule has 2 aliphatic heterocycles. The van der Waals surface area contributed by atoms with Crippen LogP contribution in [0.3, 0.4) is 0 Å². The average Bonchev–Trinajstić information content (AvgIpc) is 3.39. The van der Waals surface area contributed by atoms with Crippen LogP contribution in [0.1, 0.15) is 26.2 Å². The molecule has 0 bridgehead atoms. The molecule has 0 saturated carbocycles. The van der Waals surface area contributed by atoms with Crippen molar-refractivity contribution < 1.29 is 4.74 Å². The smallest absolute Gasteiger partial charge is 0.332 e. The van der Waals surface area contributed by atoms with Gasteiger partial charge in [-0.3, -0.25) is 13.9 Å². The number of rotatable bonds is 6. The first kappa shape index (κ1) is 20.8. The van der Waals surface area contributed by atoms with E-state index >= 15 is 0 Å². The van der Waals surface area contributed by atoms with E-state index in [1.807, 2.05) is 35.8 Å². The molecule has 32 heavy (non-hydrogen) atoms. The normalized spacial score (nSPS) is 16.6. The minimum absolute atomic E-state index is 0.243. The lowest BCUT2D eigenvalue weighted by Crippen LogP contribution is -2.43. The maximum absolute atomic E-state index is 13.4. The van der Waals surface area contributed by atoms with E-state index in [9.17, 15) is 9.59 Å². The summed E-state index contributed by atoms with van der Waals surface area (Å²) in [5.41, 5.74) is 1.39. The fourth-order valence-corrected chi connectivity index (χ4v) is 4.83. The molecule has 0 aliphatic carbocycles. The fraction of sp³-hybridized carbons (Fsp3) is 0.522. The second-order valence-corrected chi connectivity index (χ2v) is 8.51. The van der Waals surface area contributed by atoms with Gasteiger partial charge in [0.1, 0.15) is 5.75 Å². The van der Waals surface area contributed by atoms with Gasteiger partial charge >= 0.3 is 5.69 Å². The molecule has 9 heteroatoms. The summed E-state index contributed by atoms with van der Waals surface area (Å²) >= 11 is 0. The van der Waals surface area contributed by atoms with Crippen molar-refractivity contribution in [3.8, 4) is 5.75 Å². The van der Waals surface area contributed by atoms with Crippen molar-refractivity contribution >= 4 is 22.8 Å². The van der Waals surface area contributed by atoms with Gasteiger partial charge in [-0.15, -0.1) is 0 Å². The van der Waals surface area contributed by atoms with Crippen LogP contribution >= 0.6 is 0 Å². The van der Waals surface area contributed by atoms with Gasteiger partial charge in [0, 0.05) is 38.9 Å². The molecule has 3 aromatic rings. The van der Waals surface area contributed by atoms with Crippen LogP contribution in [0, 0.1) is 0 Å². The Bertz CT molecular complexity index is 1230. The fourth-order valence-electron chi connectivity index (χ4n) is 4.83. The predicted octanol–water partition coefficient (Wildman–Crippen LogP) is 1.93. The molecule has 170 valence electrons. The minimum atomic E-state index is -0.302. The second-order valence-electron chi connectivity index (χ2n) is 8.51. The number of aryl methyl sites for hydroxylation is 1. The number of aromatic nitrogens is 4. The molecule has 0 atom stereocenters. The lowest BCUT2D eigenvalue weighted by atomic mass is 10.1. The summed E-state index contributed by atoms with van der Waals surface area (Å²) < 4.78 is 10.4. The van der Waals surface area contributed by atoms with Crippen molar-refractivity contribution in [2.45, 2.75) is 39.3 Å². The van der Waals surface area contributed by atoms with Crippen LogP contribution in [-0.2, 0) is 20.1 Å². The Balaban J connectivity index is 1.50. The van der Waals surface area contributed by atoms with Gasteiger partial charge in [-0.05, 0) is 57.1 Å². The molecule has 5 rings (SSSR count). The van der Waals surface area contributed by atoms with E-state index in [2.05, 4.69) is 9.80 Å². The minimum Gasteiger partial charge on any atom is -0.494 e. The lowest BCUT2D eigenvalue weighted by molar-refractivity contribution is 0.218. The summed E-state index contributed by atoms with van der Waals surface area (Å²) in [6.45, 7) is 7.16. The third-order valence-electron chi connectivity index (χ3n) is 6.55. The van der Waals surface area contributed by atoms with Gasteiger partial charge in [0.05, 0.1) is 6.61 Å². The summed E-state index contributed by atoms with van der Waals surface area (Å²) in [5.74, 6) is 1.52. The predicted molar refractivity (Wildman–Crippen MR) is 124 cm³/mol. The monoisotopic (exact) mass is 438 g/mol. The van der Waals surface area contributed by atoms with E-state index in [0.717, 1.165) is 37.6 Å². The Morgan fingerprint density at radius 1 is 0.969 bits per heavy atom. The SMILES string of the molecule is CCOc1ccc(N2CCn3c2nc2c3c(=O)n(CCN3CCCCC3)c(=O)n2C)cc1. The highest BCUT2D eigenvalue weighted by Crippen LogP contribution is 2.32. The third kappa shape index (κ3) is 3.50. The third-order valence-corrected chi connectivity index (χ3v) is 6.55. The highest BCUT2D eigenvalue weighted by atomic mass is 16.5. The summed E-state index contributed by atoms with van der Waals surface area (Å²) in [4.78, 5) is 35.5. The van der Waals surface area contributed by atoms with Crippen molar-refractivity contribution in [3.63, 3.8) is 0 Å². The van der Waals surface area contributed by atoms with Gasteiger partial charge in [0.15, 0.2) is 11.2 Å². The number of hydrogen-bond acceptors (Lipinski definition) is 6. The topological polar surface area (TPSA) is 77.5 Å². The first-order chi connectivity index (χ1) is 15.6. The molecule has 1 aromatic carbocycles. The maximum atomic E-state index is 13.4. The number of ether oxygens (including phenoxy) is 1. The molecule has 0 radical (unpaired) electrons. The maximum Gasteiger partial charge on any atom is 0.332 e. The standard InChI is InChI=1S/C23H30N6O3/c1-3-32-18-9-7-17(8-10-18)27-15-16-28-19-20(24-22(27)28)25(2)23(31)29(21(19)30)14-13-26-11-5-4-6-12-26/h7-10H,3-6,11-16H2,1-2H3. The molecular weight excluding hydrogens is 408 g/mol. The van der Waals surface area contributed by atoms with E-state index in [4.69, 9.17) is 9.72 Å². The number of imidazole rings is 1. The average molecular weight is 439 g/mol. The van der Waals surface area contributed by atoms with Crippen LogP contribution in [0.4, 0.5) is 11.6 Å². The molecule has 0 unspecified atom stereocenters. The van der Waals surface area contributed by atoms with Gasteiger partial charge in [0.2, 0.25) is 5.95 Å². The van der Waals surface area contributed by atoms with E-state index in [1.165, 1.54) is 28.4 Å². The van der Waals surface area contributed by atoms with Gasteiger partial charge in [0.25, 0.3) is 5.56 Å². The molecule has 0 spiro atoms. The zero-order chi connectivity index (χ0) is 22.2. The summed E-state index contributed by atoms with van der Waals surface area (Å²) in [6.07, 6.45) is 3.63. The Kier molecular flexibility index (Phi) is 5.50. The summed E-state index contributed by atoms with van der Waals surface area (Å²) in [5, 5.41) is 0. The number of anilines is 2. The van der Waals surface area contributed by atoms with Crippen molar-refractivity contribution in [2.75, 3.05) is 37.7 Å². The first-order valence-corrected chi connectivity index (χ1v) is 11.5. The van der Waals surface area contributed by atoms with Gasteiger partial charge in [-0.25, -0.2) is 4.79 Å². The molecule has 0 amide bonds. The van der Waals surface area contributed by atoms with Gasteiger partial charge in [-0.2, -0.15) is 4.98 Å². The Morgan fingerprint density at radius 3 is 2.44 bits per heavy atom. The quantitative estimate of drug-likeness (QED) is 0.585. The zero-order valence-corrected chi connectivity index (χ0v) is 18.8. The first-order valence-electron chi connectivity index (χ1n) is 11.5. The van der Waals surface area contributed by atoms with E-state index in [1.54, 1.807) is 7.05 Å². The largest absolute Gasteiger partial charge is 0.494 e. The molecule has 0 N–H and O–H groups in total. The van der Waals surface area contributed by atoms with Crippen molar-refractivity contribution in [2.24, 2.45) is 7.05 Å². The van der Waals surface area contributed by atoms with E-state index < -0.39 is 0 Å². The van der Waals surface area contributed by atoms with Crippen LogP contribution in [0.15, 0.2) is 33.9 Å². The number of fused-ring (bicyclic) bond motifs is 3. The van der Waals surface area contributed by atoms with Crippen LogP contribution in [0.5, 0.6) is 5.75 Å². The number of likely N-dealkylation sites (tertiary alicyclic amines) is 1. The number of benzene rings is 1. The summed E-state index contributed by atoms with van der Waals surface area (Å²) in [7, 11) is 1.70. The molecule has 2 aromatic heterocycles. The Labute approximate surface area is 186 Å². The second kappa shape index (κ2) is 8.46. The van der Waals surface area contributed by atoms with Crippen molar-refractivity contribution in [3.05, 3.63) is 45.1 Å². The van der Waals surface area contributed by atoms with Crippen LogP contribution in [0.25, 0.3) is 11.2 Å². The molecule has 2 aliphatic rings. The highest BCUT2D eigenvalue weighted by Gasteiger charge is 2.28. The molecule has 9 nitrogen and oxygen atoms in total.